The van der Waals surface area contributed by atoms with Crippen LogP contribution >= 0.6 is 11.6 Å². The Balaban J connectivity index is 1.52. The number of rotatable bonds is 6. The van der Waals surface area contributed by atoms with Crippen molar-refractivity contribution in [1.82, 2.24) is 9.55 Å². The molecular formula is C22H25ClN2O3. The van der Waals surface area contributed by atoms with E-state index < -0.39 is 6.10 Å². The average Bonchev–Trinajstić information content (AvgIpc) is 3.06. The van der Waals surface area contributed by atoms with E-state index in [1.165, 1.54) is 0 Å². The van der Waals surface area contributed by atoms with Crippen LogP contribution in [0.4, 0.5) is 0 Å². The number of aliphatic hydroxyl groups excluding tert-OH is 1. The lowest BCUT2D eigenvalue weighted by Crippen LogP contribution is -2.26. The Morgan fingerprint density at radius 3 is 2.82 bits per heavy atom. The highest BCUT2D eigenvalue weighted by molar-refractivity contribution is 6.32. The largest absolute Gasteiger partial charge is 0.489 e. The van der Waals surface area contributed by atoms with Crippen molar-refractivity contribution < 1.29 is 14.6 Å². The summed E-state index contributed by atoms with van der Waals surface area (Å²) in [6.45, 7) is 4.09. The molecule has 1 saturated heterocycles. The second-order valence-corrected chi connectivity index (χ2v) is 7.76. The van der Waals surface area contributed by atoms with Crippen molar-refractivity contribution in [3.8, 4) is 5.75 Å². The predicted octanol–water partition coefficient (Wildman–Crippen LogP) is 4.33. The second kappa shape index (κ2) is 8.52. The smallest absolute Gasteiger partial charge is 0.138 e. The van der Waals surface area contributed by atoms with E-state index >= 15 is 0 Å². The molecule has 28 heavy (non-hydrogen) atoms. The van der Waals surface area contributed by atoms with Crippen LogP contribution in [0.15, 0.2) is 42.5 Å². The van der Waals surface area contributed by atoms with Crippen LogP contribution in [0.3, 0.4) is 0 Å². The standard InChI is InChI=1S/C22H25ClN2O3/c1-15-6-7-21(18(23)12-15)28-14-17(26)13-25-20-5-3-2-4-19(20)24-22(25)16-8-10-27-11-9-16/h2-7,12,16-17,26H,8-11,13-14H2,1H3. The Kier molecular flexibility index (Phi) is 5.85. The Morgan fingerprint density at radius 1 is 1.25 bits per heavy atom. The molecule has 0 spiro atoms. The van der Waals surface area contributed by atoms with Crippen LogP contribution < -0.4 is 4.74 Å². The fourth-order valence-corrected chi connectivity index (χ4v) is 4.02. The van der Waals surface area contributed by atoms with Gasteiger partial charge in [0.05, 0.1) is 22.6 Å². The SMILES string of the molecule is Cc1ccc(OCC(O)Cn2c(C3CCOCC3)nc3ccccc32)c(Cl)c1. The number of aliphatic hydroxyl groups is 1. The molecule has 0 amide bonds. The Bertz CT molecular complexity index is 950. The van der Waals surface area contributed by atoms with Gasteiger partial charge < -0.3 is 19.1 Å². The zero-order chi connectivity index (χ0) is 19.5. The molecule has 1 aromatic heterocycles. The van der Waals surface area contributed by atoms with Gasteiger partial charge in [-0.05, 0) is 49.6 Å². The molecule has 2 heterocycles. The number of ether oxygens (including phenoxy) is 2. The highest BCUT2D eigenvalue weighted by Gasteiger charge is 2.24. The molecule has 1 N–H and O–H groups in total. The molecule has 4 rings (SSSR count). The molecule has 0 saturated carbocycles. The molecule has 0 radical (unpaired) electrons. The van der Waals surface area contributed by atoms with Crippen LogP contribution in [-0.2, 0) is 11.3 Å². The molecule has 1 atom stereocenters. The minimum absolute atomic E-state index is 0.169. The van der Waals surface area contributed by atoms with E-state index in [-0.39, 0.29) is 6.61 Å². The van der Waals surface area contributed by atoms with Gasteiger partial charge in [0.1, 0.15) is 24.3 Å². The van der Waals surface area contributed by atoms with Gasteiger partial charge in [-0.3, -0.25) is 0 Å². The molecule has 1 fully saturated rings. The minimum atomic E-state index is -0.673. The van der Waals surface area contributed by atoms with Gasteiger partial charge in [0, 0.05) is 19.1 Å². The third-order valence-electron chi connectivity index (χ3n) is 5.18. The topological polar surface area (TPSA) is 56.5 Å². The van der Waals surface area contributed by atoms with Gasteiger partial charge in [-0.1, -0.05) is 29.8 Å². The van der Waals surface area contributed by atoms with Crippen molar-refractivity contribution >= 4 is 22.6 Å². The lowest BCUT2D eigenvalue weighted by molar-refractivity contribution is 0.0780. The zero-order valence-corrected chi connectivity index (χ0v) is 16.7. The number of nitrogens with zero attached hydrogens (tertiary/aromatic N) is 2. The predicted molar refractivity (Wildman–Crippen MR) is 110 cm³/mol. The highest BCUT2D eigenvalue weighted by atomic mass is 35.5. The van der Waals surface area contributed by atoms with Crippen LogP contribution in [-0.4, -0.2) is 40.6 Å². The summed E-state index contributed by atoms with van der Waals surface area (Å²) in [5.41, 5.74) is 3.07. The van der Waals surface area contributed by atoms with E-state index in [4.69, 9.17) is 26.1 Å². The zero-order valence-electron chi connectivity index (χ0n) is 16.0. The highest BCUT2D eigenvalue weighted by Crippen LogP contribution is 2.30. The van der Waals surface area contributed by atoms with Crippen LogP contribution in [0.5, 0.6) is 5.75 Å². The first kappa shape index (κ1) is 19.2. The summed E-state index contributed by atoms with van der Waals surface area (Å²) in [5, 5.41) is 11.2. The third-order valence-corrected chi connectivity index (χ3v) is 5.48. The maximum absolute atomic E-state index is 10.7. The van der Waals surface area contributed by atoms with Gasteiger partial charge in [-0.2, -0.15) is 0 Å². The quantitative estimate of drug-likeness (QED) is 0.669. The fraction of sp³-hybridized carbons (Fsp3) is 0.409. The van der Waals surface area contributed by atoms with E-state index in [1.807, 2.05) is 43.3 Å². The lowest BCUT2D eigenvalue weighted by atomic mass is 9.99. The van der Waals surface area contributed by atoms with Gasteiger partial charge in [-0.25, -0.2) is 4.98 Å². The molecular weight excluding hydrogens is 376 g/mol. The molecule has 0 aliphatic carbocycles. The Morgan fingerprint density at radius 2 is 2.04 bits per heavy atom. The first-order valence-corrected chi connectivity index (χ1v) is 10.1. The summed E-state index contributed by atoms with van der Waals surface area (Å²) in [4.78, 5) is 4.87. The maximum Gasteiger partial charge on any atom is 0.138 e. The summed E-state index contributed by atoms with van der Waals surface area (Å²) in [6.07, 6.45) is 1.23. The summed E-state index contributed by atoms with van der Waals surface area (Å²) in [5.74, 6) is 1.96. The summed E-state index contributed by atoms with van der Waals surface area (Å²) < 4.78 is 13.4. The summed E-state index contributed by atoms with van der Waals surface area (Å²) >= 11 is 6.23. The number of hydrogen-bond acceptors (Lipinski definition) is 4. The van der Waals surface area contributed by atoms with E-state index in [0.717, 1.165) is 48.5 Å². The maximum atomic E-state index is 10.7. The van der Waals surface area contributed by atoms with E-state index in [1.54, 1.807) is 0 Å². The number of imidazole rings is 1. The third kappa shape index (κ3) is 4.17. The molecule has 0 bridgehead atoms. The normalized spacial score (nSPS) is 16.4. The van der Waals surface area contributed by atoms with Gasteiger partial charge in [0.2, 0.25) is 0 Å². The van der Waals surface area contributed by atoms with Crippen LogP contribution in [0.1, 0.15) is 30.1 Å². The first-order valence-electron chi connectivity index (χ1n) is 9.72. The van der Waals surface area contributed by atoms with E-state index in [9.17, 15) is 5.11 Å². The average molecular weight is 401 g/mol. The number of para-hydroxylation sites is 2. The number of aromatic nitrogens is 2. The molecule has 1 aliphatic rings. The number of halogens is 1. The van der Waals surface area contributed by atoms with Crippen molar-refractivity contribution in [2.45, 2.75) is 38.3 Å². The number of benzene rings is 2. The number of fused-ring (bicyclic) bond motifs is 1. The minimum Gasteiger partial charge on any atom is -0.489 e. The second-order valence-electron chi connectivity index (χ2n) is 7.35. The summed E-state index contributed by atoms with van der Waals surface area (Å²) in [6, 6.07) is 13.7. The van der Waals surface area contributed by atoms with Crippen molar-refractivity contribution in [2.75, 3.05) is 19.8 Å². The number of hydrogen-bond donors (Lipinski definition) is 1. The van der Waals surface area contributed by atoms with E-state index in [0.29, 0.717) is 23.2 Å². The molecule has 1 unspecified atom stereocenters. The van der Waals surface area contributed by atoms with Gasteiger partial charge in [0.25, 0.3) is 0 Å². The molecule has 148 valence electrons. The van der Waals surface area contributed by atoms with Gasteiger partial charge in [-0.15, -0.1) is 0 Å². The first-order chi connectivity index (χ1) is 13.6. The van der Waals surface area contributed by atoms with E-state index in [2.05, 4.69) is 10.6 Å². The summed E-state index contributed by atoms with van der Waals surface area (Å²) in [7, 11) is 0. The fourth-order valence-electron chi connectivity index (χ4n) is 3.73. The lowest BCUT2D eigenvalue weighted by Gasteiger charge is -2.23. The molecule has 1 aliphatic heterocycles. The molecule has 3 aromatic rings. The Labute approximate surface area is 169 Å². The van der Waals surface area contributed by atoms with Crippen LogP contribution in [0.2, 0.25) is 5.02 Å². The Hall–Kier alpha value is -2.08. The molecule has 6 heteroatoms. The van der Waals surface area contributed by atoms with Crippen molar-refractivity contribution in [2.24, 2.45) is 0 Å². The monoisotopic (exact) mass is 400 g/mol. The van der Waals surface area contributed by atoms with Gasteiger partial charge >= 0.3 is 0 Å². The van der Waals surface area contributed by atoms with Gasteiger partial charge in [0.15, 0.2) is 0 Å². The number of aryl methyl sites for hydroxylation is 1. The van der Waals surface area contributed by atoms with Crippen molar-refractivity contribution in [1.29, 1.82) is 0 Å². The van der Waals surface area contributed by atoms with Crippen LogP contribution in [0.25, 0.3) is 11.0 Å². The van der Waals surface area contributed by atoms with Crippen molar-refractivity contribution in [3.05, 3.63) is 58.9 Å². The van der Waals surface area contributed by atoms with Crippen molar-refractivity contribution in [3.63, 3.8) is 0 Å². The molecule has 5 nitrogen and oxygen atoms in total. The van der Waals surface area contributed by atoms with Crippen LogP contribution in [0, 0.1) is 6.92 Å². The molecule has 2 aromatic carbocycles.